The summed E-state index contributed by atoms with van der Waals surface area (Å²) in [7, 11) is 0. The Morgan fingerprint density at radius 3 is 1.64 bits per heavy atom. The molecule has 0 saturated carbocycles. The van der Waals surface area contributed by atoms with Crippen molar-refractivity contribution < 1.29 is 60.7 Å². The van der Waals surface area contributed by atoms with Crippen LogP contribution in [0.3, 0.4) is 0 Å². The molecule has 7 rings (SSSR count). The second-order valence-electron chi connectivity index (χ2n) is 15.9. The van der Waals surface area contributed by atoms with Gasteiger partial charge >= 0.3 is 18.3 Å². The van der Waals surface area contributed by atoms with Crippen LogP contribution in [0.5, 0.6) is 0 Å². The summed E-state index contributed by atoms with van der Waals surface area (Å²) in [5.74, 6) is -0.901. The molecule has 3 N–H and O–H groups in total. The van der Waals surface area contributed by atoms with Gasteiger partial charge in [0.2, 0.25) is 11.5 Å². The van der Waals surface area contributed by atoms with Crippen molar-refractivity contribution in [2.75, 3.05) is 32.8 Å². The number of alkyl halides is 6. The zero-order valence-corrected chi connectivity index (χ0v) is 35.9. The molecule has 1 aliphatic rings. The highest BCUT2D eigenvalue weighted by atomic mass is 19.4. The van der Waals surface area contributed by atoms with E-state index < -0.39 is 69.5 Å². The lowest BCUT2D eigenvalue weighted by atomic mass is 9.92. The van der Waals surface area contributed by atoms with Crippen LogP contribution in [-0.4, -0.2) is 91.1 Å². The average Bonchev–Trinajstić information content (AvgIpc) is 3.98. The molecular formula is C46H46F6N6O9. The summed E-state index contributed by atoms with van der Waals surface area (Å²) in [5, 5.41) is 47.2. The first-order valence-corrected chi connectivity index (χ1v) is 21.0. The van der Waals surface area contributed by atoms with Crippen LogP contribution in [0.25, 0.3) is 21.8 Å². The molecule has 2 unspecified atom stereocenters. The summed E-state index contributed by atoms with van der Waals surface area (Å²) in [6.45, 7) is 0.552. The number of aliphatic hydroxyl groups is 2. The summed E-state index contributed by atoms with van der Waals surface area (Å²) < 4.78 is 93.1. The molecule has 1 aliphatic heterocycles. The highest BCUT2D eigenvalue weighted by molar-refractivity contribution is 5.88. The number of non-ortho nitro benzene ring substituents is 2. The van der Waals surface area contributed by atoms with E-state index in [1.165, 1.54) is 45.8 Å². The van der Waals surface area contributed by atoms with E-state index in [-0.39, 0.29) is 85.2 Å². The first kappa shape index (κ1) is 49.6. The van der Waals surface area contributed by atoms with E-state index in [1.807, 2.05) is 0 Å². The van der Waals surface area contributed by atoms with Gasteiger partial charge in [-0.25, -0.2) is 0 Å². The van der Waals surface area contributed by atoms with Crippen molar-refractivity contribution in [1.29, 1.82) is 0 Å². The standard InChI is InChI=1S/C24H26F3N3O5.C22H20F3N3O4/c1-2-35-22(31)9-6-12-28-16-23(32,24(25,26)27)20-15-29(14-17-7-4-3-5-8-17)21-13-18(30(33)34)10-11-19(20)21;23-22(24,25)21(30,14-26-10-4-7-20(26)29)18-13-27(12-15-5-2-1-3-6-15)19-11-16(28(31)32)8-9-17(18)19/h3-5,7-8,10-11,13,15,28,32H,2,6,9,12,14,16H2,1H3;1-3,5-6,8-9,11,13,30H,4,7,10,12,14H2. The topological polar surface area (TPSA) is 195 Å². The molecule has 2 aromatic heterocycles. The van der Waals surface area contributed by atoms with Crippen molar-refractivity contribution in [2.24, 2.45) is 0 Å². The molecule has 1 fully saturated rings. The molecule has 1 saturated heterocycles. The Kier molecular flexibility index (Phi) is 15.1. The molecule has 0 radical (unpaired) electrons. The first-order valence-electron chi connectivity index (χ1n) is 21.0. The Labute approximate surface area is 378 Å². The number of β-amino-alcohol motifs (C(OH)–C–C–N with tert-alkyl or cyclic N) is 1. The van der Waals surface area contributed by atoms with Crippen LogP contribution >= 0.6 is 0 Å². The number of rotatable bonds is 17. The van der Waals surface area contributed by atoms with E-state index >= 15 is 0 Å². The number of ether oxygens (including phenoxy) is 1. The second-order valence-corrected chi connectivity index (χ2v) is 15.9. The Balaban J connectivity index is 0.000000222. The number of aromatic nitrogens is 2. The molecule has 21 heteroatoms. The maximum atomic E-state index is 14.2. The monoisotopic (exact) mass is 940 g/mol. The highest BCUT2D eigenvalue weighted by Gasteiger charge is 2.58. The van der Waals surface area contributed by atoms with Gasteiger partial charge in [-0.2, -0.15) is 26.3 Å². The molecule has 4 aromatic carbocycles. The van der Waals surface area contributed by atoms with Crippen LogP contribution in [0.1, 0.15) is 54.9 Å². The van der Waals surface area contributed by atoms with E-state index in [2.05, 4.69) is 5.32 Å². The SMILES string of the molecule is CCOC(=O)CCCNCC(O)(c1cn(Cc2ccccc2)c2cc([N+](=O)[O-])ccc12)C(F)(F)F.O=C1CCCN1CC(O)(c1cn(Cc2ccccc2)c2cc([N+](=O)[O-])ccc12)C(F)(F)F. The molecule has 356 valence electrons. The molecular weight excluding hydrogens is 895 g/mol. The van der Waals surface area contributed by atoms with Crippen molar-refractivity contribution in [3.05, 3.63) is 152 Å². The smallest absolute Gasteiger partial charge is 0.423 e. The van der Waals surface area contributed by atoms with Gasteiger partial charge in [0.15, 0.2) is 5.60 Å². The quantitative estimate of drug-likeness (QED) is 0.0263. The number of esters is 1. The summed E-state index contributed by atoms with van der Waals surface area (Å²) in [6, 6.07) is 24.9. The zero-order chi connectivity index (χ0) is 48.7. The molecule has 0 bridgehead atoms. The van der Waals surface area contributed by atoms with Crippen LogP contribution in [0.2, 0.25) is 0 Å². The third-order valence-corrected chi connectivity index (χ3v) is 11.4. The van der Waals surface area contributed by atoms with Crippen molar-refractivity contribution in [3.63, 3.8) is 0 Å². The summed E-state index contributed by atoms with van der Waals surface area (Å²) in [5.41, 5.74) is -6.07. The summed E-state index contributed by atoms with van der Waals surface area (Å²) >= 11 is 0. The number of carbonyl (C=O) groups excluding carboxylic acids is 2. The number of nitro benzene ring substituents is 2. The Hall–Kier alpha value is -6.84. The van der Waals surface area contributed by atoms with Gasteiger partial charge in [0.1, 0.15) is 0 Å². The van der Waals surface area contributed by atoms with Crippen LogP contribution in [-0.2, 0) is 38.6 Å². The van der Waals surface area contributed by atoms with Gasteiger partial charge in [-0.1, -0.05) is 60.7 Å². The minimum absolute atomic E-state index is 0.0331. The average molecular weight is 941 g/mol. The van der Waals surface area contributed by atoms with Crippen LogP contribution in [0.4, 0.5) is 37.7 Å². The molecule has 0 aliphatic carbocycles. The van der Waals surface area contributed by atoms with Crippen LogP contribution < -0.4 is 5.32 Å². The number of halogens is 6. The molecule has 67 heavy (non-hydrogen) atoms. The minimum Gasteiger partial charge on any atom is -0.466 e. The fourth-order valence-electron chi connectivity index (χ4n) is 7.95. The number of nitrogens with zero attached hydrogens (tertiary/aromatic N) is 5. The first-order chi connectivity index (χ1) is 31.7. The lowest BCUT2D eigenvalue weighted by molar-refractivity contribution is -0.384. The maximum Gasteiger partial charge on any atom is 0.423 e. The van der Waals surface area contributed by atoms with Crippen molar-refractivity contribution >= 4 is 45.1 Å². The lowest BCUT2D eigenvalue weighted by Gasteiger charge is -2.34. The van der Waals surface area contributed by atoms with Gasteiger partial charge in [0, 0.05) is 97.6 Å². The fourth-order valence-corrected chi connectivity index (χ4v) is 7.95. The molecule has 6 aromatic rings. The number of amides is 1. The van der Waals surface area contributed by atoms with E-state index in [0.29, 0.717) is 6.42 Å². The normalized spacial score (nSPS) is 14.9. The molecule has 3 heterocycles. The number of likely N-dealkylation sites (tertiary alicyclic amines) is 1. The number of nitro groups is 2. The van der Waals surface area contributed by atoms with Crippen LogP contribution in [0.15, 0.2) is 109 Å². The lowest BCUT2D eigenvalue weighted by Crippen LogP contribution is -2.51. The Bertz CT molecular complexity index is 2730. The highest BCUT2D eigenvalue weighted by Crippen LogP contribution is 2.45. The molecule has 2 atom stereocenters. The fraction of sp³-hybridized carbons (Fsp3) is 0.348. The number of nitrogens with one attached hydrogen (secondary N) is 1. The third kappa shape index (κ3) is 11.1. The van der Waals surface area contributed by atoms with Gasteiger partial charge in [0.25, 0.3) is 11.4 Å². The van der Waals surface area contributed by atoms with Gasteiger partial charge in [-0.15, -0.1) is 0 Å². The van der Waals surface area contributed by atoms with E-state index in [0.717, 1.165) is 28.2 Å². The zero-order valence-electron chi connectivity index (χ0n) is 35.9. The number of benzene rings is 4. The Morgan fingerprint density at radius 2 is 1.22 bits per heavy atom. The van der Waals surface area contributed by atoms with Gasteiger partial charge < -0.3 is 34.3 Å². The van der Waals surface area contributed by atoms with Gasteiger partial charge in [-0.05, 0) is 49.6 Å². The molecule has 0 spiro atoms. The number of fused-ring (bicyclic) bond motifs is 2. The predicted molar refractivity (Wildman–Crippen MR) is 233 cm³/mol. The Morgan fingerprint density at radius 1 is 0.746 bits per heavy atom. The summed E-state index contributed by atoms with van der Waals surface area (Å²) in [4.78, 5) is 45.8. The number of hydrogen-bond acceptors (Lipinski definition) is 10. The second kappa shape index (κ2) is 20.4. The predicted octanol–water partition coefficient (Wildman–Crippen LogP) is 8.25. The minimum atomic E-state index is -5.08. The number of hydrogen-bond donors (Lipinski definition) is 3. The largest absolute Gasteiger partial charge is 0.466 e. The molecule has 1 amide bonds. The van der Waals surface area contributed by atoms with Gasteiger partial charge in [0.05, 0.1) is 34.0 Å². The van der Waals surface area contributed by atoms with Crippen molar-refractivity contribution in [1.82, 2.24) is 19.4 Å². The third-order valence-electron chi connectivity index (χ3n) is 11.4. The van der Waals surface area contributed by atoms with E-state index in [1.54, 1.807) is 67.6 Å². The van der Waals surface area contributed by atoms with Crippen molar-refractivity contribution in [2.45, 2.75) is 69.3 Å². The maximum absolute atomic E-state index is 14.2. The molecule has 15 nitrogen and oxygen atoms in total. The summed E-state index contributed by atoms with van der Waals surface area (Å²) in [6.07, 6.45) is -6.94. The van der Waals surface area contributed by atoms with Gasteiger partial charge in [-0.3, -0.25) is 29.8 Å². The van der Waals surface area contributed by atoms with Crippen molar-refractivity contribution in [3.8, 4) is 0 Å². The van der Waals surface area contributed by atoms with Crippen LogP contribution in [0, 0.1) is 20.2 Å². The van der Waals surface area contributed by atoms with E-state index in [9.17, 15) is 66.4 Å². The van der Waals surface area contributed by atoms with E-state index in [4.69, 9.17) is 4.74 Å². The number of carbonyl (C=O) groups is 2.